The highest BCUT2D eigenvalue weighted by atomic mass is 16.6. The number of carboxylic acids is 1. The summed E-state index contributed by atoms with van der Waals surface area (Å²) in [7, 11) is 7.57. The number of nitrogens with zero attached hydrogens (tertiary/aromatic N) is 1. The fourth-order valence-corrected chi connectivity index (χ4v) is 1.03. The van der Waals surface area contributed by atoms with Gasteiger partial charge in [0, 0.05) is 7.11 Å². The Morgan fingerprint density at radius 3 is 2.33 bits per heavy atom. The summed E-state index contributed by atoms with van der Waals surface area (Å²) in [6.45, 7) is 0.711. The second-order valence-corrected chi connectivity index (χ2v) is 3.93. The Kier molecular flexibility index (Phi) is 4.20. The minimum Gasteiger partial charge on any atom is -0.481 e. The van der Waals surface area contributed by atoms with Gasteiger partial charge >= 0.3 is 5.97 Å². The monoisotopic (exact) mass is 178 g/mol. The van der Waals surface area contributed by atoms with Crippen molar-refractivity contribution >= 4 is 5.97 Å². The molecule has 1 atom stereocenters. The number of likely N-dealkylation sites (N-methyl/N-ethyl adjacent to an activating group) is 1. The van der Waals surface area contributed by atoms with E-state index in [2.05, 4.69) is 0 Å². The number of ether oxygens (including phenoxy) is 1. The number of methoxy groups -OCH3 is 1. The molecule has 0 spiro atoms. The molecule has 0 amide bonds. The fraction of sp³-hybridized carbons (Fsp3) is 0.875. The predicted octanol–water partition coefficient (Wildman–Crippen LogP) is 0.182. The van der Waals surface area contributed by atoms with Crippen LogP contribution in [0.1, 0.15) is 6.42 Å². The summed E-state index contributed by atoms with van der Waals surface area (Å²) in [6, 6.07) is 0. The second-order valence-electron chi connectivity index (χ2n) is 3.93. The number of rotatable bonds is 5. The van der Waals surface area contributed by atoms with Gasteiger partial charge in [0.2, 0.25) is 0 Å². The minimum atomic E-state index is -0.810. The molecule has 72 valence electrons. The summed E-state index contributed by atoms with van der Waals surface area (Å²) < 4.78 is 5.75. The summed E-state index contributed by atoms with van der Waals surface area (Å²) >= 11 is 0. The Hall–Kier alpha value is -0.610. The highest BCUT2D eigenvalue weighted by Crippen LogP contribution is 2.02. The van der Waals surface area contributed by atoms with E-state index < -0.39 is 5.97 Å². The molecule has 0 bridgehead atoms. The molecule has 0 aromatic carbocycles. The van der Waals surface area contributed by atoms with Gasteiger partial charge in [-0.2, -0.15) is 0 Å². The fourth-order valence-electron chi connectivity index (χ4n) is 1.03. The Balaban J connectivity index is 3.92. The Morgan fingerprint density at radius 1 is 1.58 bits per heavy atom. The van der Waals surface area contributed by atoms with E-state index in [4.69, 9.17) is 9.84 Å². The van der Waals surface area contributed by atoms with Crippen molar-refractivity contribution in [3.05, 3.63) is 0 Å². The lowest BCUT2D eigenvalue weighted by atomic mass is 10.2. The van der Waals surface area contributed by atoms with Crippen molar-refractivity contribution in [2.75, 3.05) is 34.8 Å². The molecule has 1 unspecified atom stereocenters. The molecule has 0 aromatic heterocycles. The van der Waals surface area contributed by atoms with E-state index >= 15 is 0 Å². The van der Waals surface area contributed by atoms with Crippen molar-refractivity contribution in [3.8, 4) is 0 Å². The minimum absolute atomic E-state index is 0.0754. The molecule has 12 heavy (non-hydrogen) atoms. The summed E-state index contributed by atoms with van der Waals surface area (Å²) in [4.78, 5) is 10.4. The van der Waals surface area contributed by atoms with Crippen molar-refractivity contribution in [2.24, 2.45) is 0 Å². The third kappa shape index (κ3) is 6.12. The maximum Gasteiger partial charge on any atom is 0.306 e. The van der Waals surface area contributed by atoms with E-state index in [-0.39, 0.29) is 12.5 Å². The van der Waals surface area contributed by atoms with Gasteiger partial charge in [-0.1, -0.05) is 0 Å². The zero-order chi connectivity index (χ0) is 9.78. The first kappa shape index (κ1) is 11.4. The highest BCUT2D eigenvalue weighted by molar-refractivity contribution is 5.67. The smallest absolute Gasteiger partial charge is 0.306 e. The standard InChI is InChI=1S/C8H17NO3/c1-9(2,3)6-7(12-4)5-8(10)11/h7H,5-6H2,1-4H3/p+1/i4+2. The van der Waals surface area contributed by atoms with E-state index in [0.29, 0.717) is 11.0 Å². The zero-order valence-corrected chi connectivity index (χ0v) is 8.20. The van der Waals surface area contributed by atoms with Crippen LogP contribution in [-0.4, -0.2) is 56.5 Å². The number of hydrogen-bond acceptors (Lipinski definition) is 2. The van der Waals surface area contributed by atoms with E-state index in [1.807, 2.05) is 21.1 Å². The topological polar surface area (TPSA) is 46.5 Å². The van der Waals surface area contributed by atoms with Gasteiger partial charge in [0.15, 0.2) is 0 Å². The number of carbonyl (C=O) groups is 1. The summed E-state index contributed by atoms with van der Waals surface area (Å²) in [5.74, 6) is -0.810. The van der Waals surface area contributed by atoms with E-state index in [9.17, 15) is 4.79 Å². The molecule has 0 aromatic rings. The van der Waals surface area contributed by atoms with Crippen LogP contribution in [-0.2, 0) is 9.53 Å². The first-order valence-electron chi connectivity index (χ1n) is 3.90. The van der Waals surface area contributed by atoms with Crippen LogP contribution in [0.25, 0.3) is 0 Å². The van der Waals surface area contributed by atoms with Crippen molar-refractivity contribution in [1.82, 2.24) is 0 Å². The highest BCUT2D eigenvalue weighted by Gasteiger charge is 2.19. The lowest BCUT2D eigenvalue weighted by Gasteiger charge is -2.27. The van der Waals surface area contributed by atoms with Crippen LogP contribution in [0.15, 0.2) is 0 Å². The second kappa shape index (κ2) is 4.42. The number of hydrogen-bond donors (Lipinski definition) is 1. The number of carboxylic acid groups (broad SMARTS) is 1. The lowest BCUT2D eigenvalue weighted by molar-refractivity contribution is -0.873. The quantitative estimate of drug-likeness (QED) is 0.611. The first-order valence-corrected chi connectivity index (χ1v) is 3.90. The molecule has 0 fully saturated rings. The molecule has 0 radical (unpaired) electrons. The van der Waals surface area contributed by atoms with Crippen molar-refractivity contribution < 1.29 is 19.1 Å². The van der Waals surface area contributed by atoms with E-state index in [1.165, 1.54) is 0 Å². The van der Waals surface area contributed by atoms with Crippen LogP contribution < -0.4 is 0 Å². The van der Waals surface area contributed by atoms with Crippen molar-refractivity contribution in [1.29, 1.82) is 0 Å². The van der Waals surface area contributed by atoms with Crippen LogP contribution in [0.2, 0.25) is 0 Å². The number of aliphatic carboxylic acids is 1. The Morgan fingerprint density at radius 2 is 2.08 bits per heavy atom. The predicted molar refractivity (Wildman–Crippen MR) is 45.9 cm³/mol. The van der Waals surface area contributed by atoms with Crippen LogP contribution >= 0.6 is 0 Å². The Bertz CT molecular complexity index is 151. The van der Waals surface area contributed by atoms with E-state index in [1.54, 1.807) is 7.11 Å². The summed E-state index contributed by atoms with van der Waals surface area (Å²) in [5.41, 5.74) is 0. The maximum atomic E-state index is 10.4. The van der Waals surface area contributed by atoms with Gasteiger partial charge in [-0.05, 0) is 0 Å². The van der Waals surface area contributed by atoms with Crippen LogP contribution in [0, 0.1) is 0 Å². The third-order valence-electron chi connectivity index (χ3n) is 1.49. The molecular weight excluding hydrogens is 160 g/mol. The third-order valence-corrected chi connectivity index (χ3v) is 1.49. The normalized spacial score (nSPS) is 14.3. The molecule has 0 heterocycles. The molecule has 0 aliphatic carbocycles. The van der Waals surface area contributed by atoms with E-state index in [0.717, 1.165) is 0 Å². The molecule has 4 heteroatoms. The molecule has 0 saturated heterocycles. The molecule has 0 aliphatic rings. The first-order chi connectivity index (χ1) is 5.35. The van der Waals surface area contributed by atoms with Gasteiger partial charge in [-0.15, -0.1) is 0 Å². The molecule has 0 saturated carbocycles. The largest absolute Gasteiger partial charge is 0.481 e. The van der Waals surface area contributed by atoms with Gasteiger partial charge in [-0.3, -0.25) is 4.79 Å². The molecule has 4 nitrogen and oxygen atoms in total. The lowest BCUT2D eigenvalue weighted by Crippen LogP contribution is -2.42. The molecule has 0 aliphatic heterocycles. The van der Waals surface area contributed by atoms with Gasteiger partial charge in [-0.25, -0.2) is 0 Å². The van der Waals surface area contributed by atoms with Crippen LogP contribution in [0.4, 0.5) is 0 Å². The van der Waals surface area contributed by atoms with Gasteiger partial charge in [0.1, 0.15) is 12.6 Å². The average molecular weight is 178 g/mol. The average Bonchev–Trinajstić information content (AvgIpc) is 1.82. The van der Waals surface area contributed by atoms with Crippen LogP contribution in [0.3, 0.4) is 0 Å². The van der Waals surface area contributed by atoms with Gasteiger partial charge in [0.05, 0.1) is 27.6 Å². The maximum absolute atomic E-state index is 10.4. The molecular formula is C8H18NO3+. The van der Waals surface area contributed by atoms with Crippen molar-refractivity contribution in [2.45, 2.75) is 12.5 Å². The van der Waals surface area contributed by atoms with Crippen molar-refractivity contribution in [3.63, 3.8) is 0 Å². The summed E-state index contributed by atoms with van der Waals surface area (Å²) in [6.07, 6.45) is -0.117. The zero-order valence-electron chi connectivity index (χ0n) is 8.20. The molecule has 1 N–H and O–H groups in total. The van der Waals surface area contributed by atoms with Crippen LogP contribution in [0.5, 0.6) is 0 Å². The Labute approximate surface area is 73.3 Å². The van der Waals surface area contributed by atoms with Gasteiger partial charge < -0.3 is 14.3 Å². The molecule has 0 rings (SSSR count). The number of quaternary nitrogens is 1. The summed E-state index contributed by atoms with van der Waals surface area (Å²) in [5, 5.41) is 8.52. The van der Waals surface area contributed by atoms with Gasteiger partial charge in [0.25, 0.3) is 0 Å². The SMILES string of the molecule is C[N+](C)(C)CC(CC(=O)O)O[14CH3].